The number of rotatable bonds is 1. The van der Waals surface area contributed by atoms with Crippen LogP contribution in [-0.4, -0.2) is 29.0 Å². The molecule has 2 heterocycles. The third-order valence-corrected chi connectivity index (χ3v) is 2.48. The van der Waals surface area contributed by atoms with E-state index in [1.54, 1.807) is 6.92 Å². The van der Waals surface area contributed by atoms with E-state index in [0.717, 1.165) is 0 Å². The van der Waals surface area contributed by atoms with Crippen LogP contribution in [0.2, 0.25) is 5.15 Å². The Morgan fingerprint density at radius 3 is 2.73 bits per heavy atom. The zero-order valence-electron chi connectivity index (χ0n) is 8.17. The van der Waals surface area contributed by atoms with Gasteiger partial charge in [-0.25, -0.2) is 18.7 Å². The minimum Gasteiger partial charge on any atom is -0.350 e. The first-order chi connectivity index (χ1) is 6.96. The van der Waals surface area contributed by atoms with Crippen molar-refractivity contribution in [3.8, 4) is 0 Å². The number of aromatic nitrogens is 2. The summed E-state index contributed by atoms with van der Waals surface area (Å²) in [5.74, 6) is -1.65. The van der Waals surface area contributed by atoms with Crippen LogP contribution < -0.4 is 4.90 Å². The summed E-state index contributed by atoms with van der Waals surface area (Å²) in [6.07, 6.45) is -0.131. The first-order valence-electron chi connectivity index (χ1n) is 4.60. The van der Waals surface area contributed by atoms with E-state index >= 15 is 0 Å². The Bertz CT molecular complexity index is 363. The molecule has 1 fully saturated rings. The van der Waals surface area contributed by atoms with Crippen molar-refractivity contribution in [2.45, 2.75) is 19.3 Å². The van der Waals surface area contributed by atoms with Crippen molar-refractivity contribution in [2.75, 3.05) is 18.0 Å². The minimum atomic E-state index is -2.62. The lowest BCUT2D eigenvalue weighted by Gasteiger charge is -2.17. The van der Waals surface area contributed by atoms with Crippen LogP contribution in [-0.2, 0) is 0 Å². The van der Waals surface area contributed by atoms with E-state index in [9.17, 15) is 8.78 Å². The van der Waals surface area contributed by atoms with Gasteiger partial charge in [0.2, 0.25) is 0 Å². The van der Waals surface area contributed by atoms with Crippen LogP contribution in [0.4, 0.5) is 14.6 Å². The fourth-order valence-electron chi connectivity index (χ4n) is 1.61. The summed E-state index contributed by atoms with van der Waals surface area (Å²) in [5.41, 5.74) is 0. The quantitative estimate of drug-likeness (QED) is 0.697. The van der Waals surface area contributed by atoms with E-state index in [-0.39, 0.29) is 18.1 Å². The summed E-state index contributed by atoms with van der Waals surface area (Å²) >= 11 is 5.73. The van der Waals surface area contributed by atoms with Crippen molar-refractivity contribution in [1.29, 1.82) is 0 Å². The Morgan fingerprint density at radius 2 is 2.20 bits per heavy atom. The monoisotopic (exact) mass is 233 g/mol. The highest BCUT2D eigenvalue weighted by Gasteiger charge is 2.38. The second-order valence-electron chi connectivity index (χ2n) is 3.62. The van der Waals surface area contributed by atoms with Crippen molar-refractivity contribution in [1.82, 2.24) is 9.97 Å². The standard InChI is InChI=1S/C9H10ClF2N3/c1-6-13-7(10)4-8(14-6)15-3-2-9(11,12)5-15/h4H,2-3,5H2,1H3. The molecule has 0 bridgehead atoms. The number of alkyl halides is 2. The van der Waals surface area contributed by atoms with Crippen LogP contribution in [0, 0.1) is 6.92 Å². The van der Waals surface area contributed by atoms with Gasteiger partial charge in [-0.3, -0.25) is 0 Å². The molecule has 0 aliphatic carbocycles. The summed E-state index contributed by atoms with van der Waals surface area (Å²) < 4.78 is 25.9. The maximum absolute atomic E-state index is 13.0. The first-order valence-corrected chi connectivity index (χ1v) is 4.98. The number of anilines is 1. The fourth-order valence-corrected chi connectivity index (χ4v) is 1.83. The Labute approximate surface area is 91.1 Å². The molecule has 0 saturated carbocycles. The molecule has 0 unspecified atom stereocenters. The molecule has 1 aliphatic rings. The van der Waals surface area contributed by atoms with Crippen LogP contribution >= 0.6 is 11.6 Å². The summed E-state index contributed by atoms with van der Waals surface area (Å²) in [6.45, 7) is 1.70. The summed E-state index contributed by atoms with van der Waals surface area (Å²) in [4.78, 5) is 9.49. The van der Waals surface area contributed by atoms with Gasteiger partial charge in [0.05, 0.1) is 6.54 Å². The first kappa shape index (κ1) is 10.5. The van der Waals surface area contributed by atoms with Crippen LogP contribution in [0.25, 0.3) is 0 Å². The lowest BCUT2D eigenvalue weighted by molar-refractivity contribution is 0.0256. The predicted molar refractivity (Wildman–Crippen MR) is 53.6 cm³/mol. The van der Waals surface area contributed by atoms with Gasteiger partial charge in [0.25, 0.3) is 5.92 Å². The topological polar surface area (TPSA) is 29.0 Å². The average molecular weight is 234 g/mol. The molecule has 82 valence electrons. The SMILES string of the molecule is Cc1nc(Cl)cc(N2CCC(F)(F)C2)n1. The third kappa shape index (κ3) is 2.34. The molecule has 0 amide bonds. The highest BCUT2D eigenvalue weighted by molar-refractivity contribution is 6.29. The number of aryl methyl sites for hydroxylation is 1. The van der Waals surface area contributed by atoms with Gasteiger partial charge in [-0.2, -0.15) is 0 Å². The van der Waals surface area contributed by atoms with Crippen molar-refractivity contribution >= 4 is 17.4 Å². The molecule has 6 heteroatoms. The van der Waals surface area contributed by atoms with E-state index in [4.69, 9.17) is 11.6 Å². The van der Waals surface area contributed by atoms with Gasteiger partial charge in [-0.1, -0.05) is 11.6 Å². The fraction of sp³-hybridized carbons (Fsp3) is 0.556. The molecule has 0 aromatic carbocycles. The summed E-state index contributed by atoms with van der Waals surface area (Å²) in [6, 6.07) is 1.51. The van der Waals surface area contributed by atoms with E-state index in [0.29, 0.717) is 18.2 Å². The van der Waals surface area contributed by atoms with Crippen LogP contribution in [0.3, 0.4) is 0 Å². The predicted octanol–water partition coefficient (Wildman–Crippen LogP) is 2.28. The van der Waals surface area contributed by atoms with Crippen LogP contribution in [0.5, 0.6) is 0 Å². The summed E-state index contributed by atoms with van der Waals surface area (Å²) in [7, 11) is 0. The van der Waals surface area contributed by atoms with Gasteiger partial charge < -0.3 is 4.90 Å². The van der Waals surface area contributed by atoms with E-state index < -0.39 is 5.92 Å². The lowest BCUT2D eigenvalue weighted by atomic mass is 10.3. The van der Waals surface area contributed by atoms with Gasteiger partial charge in [0.15, 0.2) is 0 Å². The van der Waals surface area contributed by atoms with E-state index in [2.05, 4.69) is 9.97 Å². The molecule has 3 nitrogen and oxygen atoms in total. The largest absolute Gasteiger partial charge is 0.350 e. The molecule has 0 radical (unpaired) electrons. The van der Waals surface area contributed by atoms with E-state index in [1.807, 2.05) is 0 Å². The van der Waals surface area contributed by atoms with Gasteiger partial charge in [0.1, 0.15) is 16.8 Å². The maximum Gasteiger partial charge on any atom is 0.266 e. The molecule has 2 rings (SSSR count). The molecule has 0 spiro atoms. The Morgan fingerprint density at radius 1 is 1.47 bits per heavy atom. The Kier molecular flexibility index (Phi) is 2.50. The minimum absolute atomic E-state index is 0.131. The highest BCUT2D eigenvalue weighted by Crippen LogP contribution is 2.30. The number of nitrogens with zero attached hydrogens (tertiary/aromatic N) is 3. The average Bonchev–Trinajstić information content (AvgIpc) is 2.44. The Balaban J connectivity index is 2.24. The second kappa shape index (κ2) is 3.56. The van der Waals surface area contributed by atoms with Crippen molar-refractivity contribution in [3.63, 3.8) is 0 Å². The molecule has 1 aromatic rings. The maximum atomic E-state index is 13.0. The van der Waals surface area contributed by atoms with Crippen molar-refractivity contribution < 1.29 is 8.78 Å². The molecule has 0 N–H and O–H groups in total. The molecule has 15 heavy (non-hydrogen) atoms. The lowest BCUT2D eigenvalue weighted by Crippen LogP contribution is -2.25. The normalized spacial score (nSPS) is 19.6. The smallest absolute Gasteiger partial charge is 0.266 e. The van der Waals surface area contributed by atoms with Gasteiger partial charge in [0, 0.05) is 19.0 Å². The second-order valence-corrected chi connectivity index (χ2v) is 4.01. The third-order valence-electron chi connectivity index (χ3n) is 2.29. The van der Waals surface area contributed by atoms with Crippen LogP contribution in [0.15, 0.2) is 6.07 Å². The zero-order chi connectivity index (χ0) is 11.1. The molecular weight excluding hydrogens is 224 g/mol. The van der Waals surface area contributed by atoms with Crippen LogP contribution in [0.1, 0.15) is 12.2 Å². The van der Waals surface area contributed by atoms with Crippen molar-refractivity contribution in [2.24, 2.45) is 0 Å². The summed E-state index contributed by atoms with van der Waals surface area (Å²) in [5, 5.41) is 0.285. The number of hydrogen-bond donors (Lipinski definition) is 0. The highest BCUT2D eigenvalue weighted by atomic mass is 35.5. The van der Waals surface area contributed by atoms with Gasteiger partial charge in [-0.05, 0) is 6.92 Å². The zero-order valence-corrected chi connectivity index (χ0v) is 8.93. The molecule has 1 aliphatic heterocycles. The van der Waals surface area contributed by atoms with E-state index in [1.165, 1.54) is 11.0 Å². The number of halogens is 3. The van der Waals surface area contributed by atoms with Crippen molar-refractivity contribution in [3.05, 3.63) is 17.0 Å². The molecule has 1 aromatic heterocycles. The van der Waals surface area contributed by atoms with Gasteiger partial charge in [-0.15, -0.1) is 0 Å². The molecular formula is C9H10ClF2N3. The van der Waals surface area contributed by atoms with Gasteiger partial charge >= 0.3 is 0 Å². The molecule has 1 saturated heterocycles. The molecule has 0 atom stereocenters. The Hall–Kier alpha value is -0.970. The number of hydrogen-bond acceptors (Lipinski definition) is 3.